The van der Waals surface area contributed by atoms with Crippen molar-refractivity contribution in [1.29, 1.82) is 0 Å². The zero-order chi connectivity index (χ0) is 12.0. The Morgan fingerprint density at radius 1 is 1.44 bits per heavy atom. The molecule has 16 heavy (non-hydrogen) atoms. The van der Waals surface area contributed by atoms with Gasteiger partial charge in [-0.15, -0.1) is 6.58 Å². The summed E-state index contributed by atoms with van der Waals surface area (Å²) in [5.74, 6) is -0.599. The molecule has 1 aliphatic rings. The van der Waals surface area contributed by atoms with Gasteiger partial charge in [-0.3, -0.25) is 0 Å². The van der Waals surface area contributed by atoms with Crippen LogP contribution in [0.1, 0.15) is 19.3 Å². The summed E-state index contributed by atoms with van der Waals surface area (Å²) in [4.78, 5) is 2.29. The van der Waals surface area contributed by atoms with Gasteiger partial charge in [0.15, 0.2) is 0 Å². The lowest BCUT2D eigenvalue weighted by atomic mass is 9.99. The topological polar surface area (TPSA) is 12.5 Å². The van der Waals surface area contributed by atoms with Crippen LogP contribution in [0.4, 0.5) is 4.39 Å². The molecule has 0 saturated carbocycles. The van der Waals surface area contributed by atoms with E-state index in [4.69, 9.17) is 4.74 Å². The van der Waals surface area contributed by atoms with Crippen LogP contribution in [0, 0.1) is 5.92 Å². The molecule has 0 amide bonds. The third kappa shape index (κ3) is 3.72. The smallest absolute Gasteiger partial charge is 0.100 e. The third-order valence-electron chi connectivity index (χ3n) is 3.21. The molecule has 2 atom stereocenters. The molecular weight excluding hydrogens is 205 g/mol. The van der Waals surface area contributed by atoms with Gasteiger partial charge in [-0.05, 0) is 25.9 Å². The van der Waals surface area contributed by atoms with Crippen molar-refractivity contribution in [2.75, 3.05) is 26.7 Å². The molecule has 1 aliphatic heterocycles. The molecule has 0 spiro atoms. The van der Waals surface area contributed by atoms with Gasteiger partial charge in [0.05, 0.1) is 12.0 Å². The van der Waals surface area contributed by atoms with Gasteiger partial charge in [-0.2, -0.15) is 0 Å². The Kier molecular flexibility index (Phi) is 5.71. The van der Waals surface area contributed by atoms with Crippen LogP contribution in [0.25, 0.3) is 0 Å². The molecule has 0 aromatic carbocycles. The van der Waals surface area contributed by atoms with Crippen molar-refractivity contribution in [1.82, 2.24) is 4.90 Å². The van der Waals surface area contributed by atoms with E-state index < -0.39 is 0 Å². The maximum atomic E-state index is 13.4. The van der Waals surface area contributed by atoms with Gasteiger partial charge in [0.25, 0.3) is 0 Å². The number of rotatable bonds is 6. The summed E-state index contributed by atoms with van der Waals surface area (Å²) in [5, 5.41) is 0. The molecule has 2 unspecified atom stereocenters. The fraction of sp³-hybridized carbons (Fsp3) is 0.692. The molecule has 0 aromatic heterocycles. The molecule has 1 rings (SSSR count). The summed E-state index contributed by atoms with van der Waals surface area (Å²) in [6, 6.07) is 0. The number of methoxy groups -OCH3 is 1. The Morgan fingerprint density at radius 3 is 2.50 bits per heavy atom. The number of halogens is 1. The SMILES string of the molecule is C=CC(OC)C(CN1CCCCC1)C(=C)F. The number of piperidine rings is 1. The fourth-order valence-electron chi connectivity index (χ4n) is 2.23. The van der Waals surface area contributed by atoms with Gasteiger partial charge < -0.3 is 9.64 Å². The van der Waals surface area contributed by atoms with E-state index in [2.05, 4.69) is 18.1 Å². The highest BCUT2D eigenvalue weighted by atomic mass is 19.1. The van der Waals surface area contributed by atoms with Crippen molar-refractivity contribution in [3.05, 3.63) is 25.1 Å². The second-order valence-corrected chi connectivity index (χ2v) is 4.35. The van der Waals surface area contributed by atoms with Gasteiger partial charge in [0, 0.05) is 13.7 Å². The minimum Gasteiger partial charge on any atom is -0.377 e. The Labute approximate surface area is 97.8 Å². The summed E-state index contributed by atoms with van der Waals surface area (Å²) < 4.78 is 18.6. The first kappa shape index (κ1) is 13.4. The van der Waals surface area contributed by atoms with Crippen LogP contribution in [0.2, 0.25) is 0 Å². The summed E-state index contributed by atoms with van der Waals surface area (Å²) in [5.41, 5.74) is 0. The lowest BCUT2D eigenvalue weighted by Gasteiger charge is -2.32. The first-order chi connectivity index (χ1) is 7.69. The Bertz CT molecular complexity index is 236. The van der Waals surface area contributed by atoms with Crippen molar-refractivity contribution in [3.8, 4) is 0 Å². The van der Waals surface area contributed by atoms with Gasteiger partial charge in [0.1, 0.15) is 5.83 Å². The van der Waals surface area contributed by atoms with Gasteiger partial charge in [-0.25, -0.2) is 4.39 Å². The second kappa shape index (κ2) is 6.81. The molecule has 1 fully saturated rings. The minimum atomic E-state index is -0.308. The van der Waals surface area contributed by atoms with Crippen LogP contribution in [0.15, 0.2) is 25.1 Å². The van der Waals surface area contributed by atoms with E-state index in [1.807, 2.05) is 0 Å². The zero-order valence-electron chi connectivity index (χ0n) is 10.1. The van der Waals surface area contributed by atoms with E-state index in [1.165, 1.54) is 19.3 Å². The third-order valence-corrected chi connectivity index (χ3v) is 3.21. The average Bonchev–Trinajstić information content (AvgIpc) is 2.30. The predicted molar refractivity (Wildman–Crippen MR) is 65.0 cm³/mol. The average molecular weight is 227 g/mol. The van der Waals surface area contributed by atoms with Crippen LogP contribution < -0.4 is 0 Å². The highest BCUT2D eigenvalue weighted by Gasteiger charge is 2.25. The summed E-state index contributed by atoms with van der Waals surface area (Å²) in [6.07, 6.45) is 5.07. The Morgan fingerprint density at radius 2 is 2.06 bits per heavy atom. The summed E-state index contributed by atoms with van der Waals surface area (Å²) in [6.45, 7) is 9.88. The quantitative estimate of drug-likeness (QED) is 0.647. The number of nitrogens with zero attached hydrogens (tertiary/aromatic N) is 1. The molecule has 2 nitrogen and oxygen atoms in total. The lowest BCUT2D eigenvalue weighted by molar-refractivity contribution is 0.0696. The monoisotopic (exact) mass is 227 g/mol. The van der Waals surface area contributed by atoms with Crippen LogP contribution in [-0.2, 0) is 4.74 Å². The molecule has 0 radical (unpaired) electrons. The molecule has 0 aromatic rings. The molecular formula is C13H22FNO. The number of hydrogen-bond donors (Lipinski definition) is 0. The molecule has 0 aliphatic carbocycles. The van der Waals surface area contributed by atoms with Gasteiger partial charge in [0.2, 0.25) is 0 Å². The Balaban J connectivity index is 2.55. The fourth-order valence-corrected chi connectivity index (χ4v) is 2.23. The number of likely N-dealkylation sites (tertiary alicyclic amines) is 1. The number of ether oxygens (including phenoxy) is 1. The van der Waals surface area contributed by atoms with Crippen molar-refractivity contribution < 1.29 is 9.13 Å². The highest BCUT2D eigenvalue weighted by molar-refractivity contribution is 5.01. The largest absolute Gasteiger partial charge is 0.377 e. The normalized spacial score (nSPS) is 21.4. The minimum absolute atomic E-state index is 0.278. The van der Waals surface area contributed by atoms with E-state index in [0.29, 0.717) is 6.54 Å². The van der Waals surface area contributed by atoms with Crippen molar-refractivity contribution in [3.63, 3.8) is 0 Å². The zero-order valence-corrected chi connectivity index (χ0v) is 10.1. The van der Waals surface area contributed by atoms with E-state index in [9.17, 15) is 4.39 Å². The van der Waals surface area contributed by atoms with E-state index in [1.54, 1.807) is 13.2 Å². The molecule has 3 heteroatoms. The molecule has 0 bridgehead atoms. The first-order valence-corrected chi connectivity index (χ1v) is 5.91. The maximum absolute atomic E-state index is 13.4. The van der Waals surface area contributed by atoms with E-state index in [-0.39, 0.29) is 17.8 Å². The molecule has 0 N–H and O–H groups in total. The van der Waals surface area contributed by atoms with Crippen LogP contribution in [-0.4, -0.2) is 37.7 Å². The molecule has 92 valence electrons. The summed E-state index contributed by atoms with van der Waals surface area (Å²) >= 11 is 0. The van der Waals surface area contributed by atoms with Crippen LogP contribution >= 0.6 is 0 Å². The molecule has 1 saturated heterocycles. The van der Waals surface area contributed by atoms with Crippen LogP contribution in [0.5, 0.6) is 0 Å². The Hall–Kier alpha value is -0.670. The highest BCUT2D eigenvalue weighted by Crippen LogP contribution is 2.21. The van der Waals surface area contributed by atoms with Crippen molar-refractivity contribution in [2.24, 2.45) is 5.92 Å². The van der Waals surface area contributed by atoms with Crippen molar-refractivity contribution in [2.45, 2.75) is 25.4 Å². The second-order valence-electron chi connectivity index (χ2n) is 4.35. The standard InChI is InChI=1S/C13H22FNO/c1-4-13(16-3)12(11(2)14)10-15-8-6-5-7-9-15/h4,12-13H,1-2,5-10H2,3H3. The molecule has 1 heterocycles. The van der Waals surface area contributed by atoms with E-state index in [0.717, 1.165) is 13.1 Å². The predicted octanol–water partition coefficient (Wildman–Crippen LogP) is 2.77. The van der Waals surface area contributed by atoms with Gasteiger partial charge in [-0.1, -0.05) is 19.1 Å². The van der Waals surface area contributed by atoms with E-state index >= 15 is 0 Å². The maximum Gasteiger partial charge on any atom is 0.100 e. The van der Waals surface area contributed by atoms with Gasteiger partial charge >= 0.3 is 0 Å². The van der Waals surface area contributed by atoms with Crippen molar-refractivity contribution >= 4 is 0 Å². The number of hydrogen-bond acceptors (Lipinski definition) is 2. The first-order valence-electron chi connectivity index (χ1n) is 5.91. The summed E-state index contributed by atoms with van der Waals surface area (Å²) in [7, 11) is 1.58. The lowest BCUT2D eigenvalue weighted by Crippen LogP contribution is -2.38. The van der Waals surface area contributed by atoms with Crippen LogP contribution in [0.3, 0.4) is 0 Å².